The molecule has 2 fully saturated rings. The molecule has 138 valence electrons. The fraction of sp³-hybridized carbons (Fsp3) is 0.882. The Morgan fingerprint density at radius 1 is 1.25 bits per heavy atom. The number of esters is 1. The zero-order valence-electron chi connectivity index (χ0n) is 15.8. The van der Waals surface area contributed by atoms with Crippen LogP contribution in [0.25, 0.3) is 0 Å². The zero-order chi connectivity index (χ0) is 17.7. The number of likely N-dealkylation sites (N-methyl/N-ethyl adjacent to an activating group) is 2. The summed E-state index contributed by atoms with van der Waals surface area (Å²) in [5.41, 5.74) is 0. The molecule has 0 radical (unpaired) electrons. The van der Waals surface area contributed by atoms with Crippen molar-refractivity contribution in [3.05, 3.63) is 0 Å². The van der Waals surface area contributed by atoms with Crippen molar-refractivity contribution in [1.82, 2.24) is 20.0 Å². The molecular weight excluding hydrogens is 306 g/mol. The molecule has 2 aliphatic heterocycles. The second-order valence-electron chi connectivity index (χ2n) is 7.10. The van der Waals surface area contributed by atoms with Gasteiger partial charge >= 0.3 is 5.97 Å². The molecule has 2 saturated heterocycles. The van der Waals surface area contributed by atoms with Crippen LogP contribution in [0.15, 0.2) is 4.99 Å². The predicted molar refractivity (Wildman–Crippen MR) is 96.1 cm³/mol. The first-order valence-corrected chi connectivity index (χ1v) is 8.96. The van der Waals surface area contributed by atoms with Gasteiger partial charge in [0.15, 0.2) is 5.96 Å². The number of carbonyl (C=O) groups excluding carboxylic acids is 1. The van der Waals surface area contributed by atoms with Gasteiger partial charge in [-0.15, -0.1) is 0 Å². The van der Waals surface area contributed by atoms with Crippen LogP contribution in [0.3, 0.4) is 0 Å². The van der Waals surface area contributed by atoms with E-state index in [1.807, 2.05) is 0 Å². The van der Waals surface area contributed by atoms with Gasteiger partial charge in [0.25, 0.3) is 0 Å². The van der Waals surface area contributed by atoms with Crippen LogP contribution in [0, 0.1) is 11.8 Å². The van der Waals surface area contributed by atoms with E-state index in [1.54, 1.807) is 0 Å². The molecule has 1 N–H and O–H groups in total. The van der Waals surface area contributed by atoms with Crippen molar-refractivity contribution >= 4 is 11.9 Å². The highest BCUT2D eigenvalue weighted by Gasteiger charge is 2.37. The molecule has 7 nitrogen and oxygen atoms in total. The third-order valence-corrected chi connectivity index (χ3v) is 5.18. The van der Waals surface area contributed by atoms with Crippen molar-refractivity contribution in [2.24, 2.45) is 16.8 Å². The number of rotatable bonds is 4. The molecule has 0 aliphatic carbocycles. The molecular formula is C17H33N5O2. The van der Waals surface area contributed by atoms with Crippen LogP contribution >= 0.6 is 0 Å². The number of piperazine rings is 1. The van der Waals surface area contributed by atoms with Crippen LogP contribution in [-0.2, 0) is 9.53 Å². The molecule has 0 saturated carbocycles. The van der Waals surface area contributed by atoms with Gasteiger partial charge in [-0.05, 0) is 26.9 Å². The van der Waals surface area contributed by atoms with Crippen LogP contribution in [0.2, 0.25) is 0 Å². The molecule has 2 aliphatic rings. The molecule has 0 aromatic carbocycles. The topological polar surface area (TPSA) is 60.4 Å². The first kappa shape index (κ1) is 19.0. The second-order valence-corrected chi connectivity index (χ2v) is 7.10. The van der Waals surface area contributed by atoms with Crippen LogP contribution in [0.5, 0.6) is 0 Å². The predicted octanol–water partition coefficient (Wildman–Crippen LogP) is -0.0614. The Kier molecular flexibility index (Phi) is 6.86. The first-order valence-electron chi connectivity index (χ1n) is 8.96. The van der Waals surface area contributed by atoms with Crippen molar-refractivity contribution in [2.45, 2.75) is 19.9 Å². The summed E-state index contributed by atoms with van der Waals surface area (Å²) in [6, 6.07) is 0.439. The van der Waals surface area contributed by atoms with E-state index in [1.165, 1.54) is 7.11 Å². The number of ether oxygens (including phenoxy) is 1. The fourth-order valence-corrected chi connectivity index (χ4v) is 3.51. The van der Waals surface area contributed by atoms with E-state index < -0.39 is 0 Å². The van der Waals surface area contributed by atoms with Crippen LogP contribution in [-0.4, -0.2) is 99.7 Å². The largest absolute Gasteiger partial charge is 0.469 e. The summed E-state index contributed by atoms with van der Waals surface area (Å²) < 4.78 is 4.94. The number of hydrogen-bond donors (Lipinski definition) is 1. The van der Waals surface area contributed by atoms with E-state index >= 15 is 0 Å². The molecule has 0 amide bonds. The number of guanidine groups is 1. The fourth-order valence-electron chi connectivity index (χ4n) is 3.51. The van der Waals surface area contributed by atoms with Gasteiger partial charge in [0.2, 0.25) is 0 Å². The summed E-state index contributed by atoms with van der Waals surface area (Å²) in [5.74, 6) is 1.01. The maximum Gasteiger partial charge on any atom is 0.310 e. The van der Waals surface area contributed by atoms with Gasteiger partial charge in [0, 0.05) is 45.3 Å². The van der Waals surface area contributed by atoms with Crippen molar-refractivity contribution in [1.29, 1.82) is 0 Å². The quantitative estimate of drug-likeness (QED) is 0.440. The van der Waals surface area contributed by atoms with Gasteiger partial charge in [0.1, 0.15) is 0 Å². The highest BCUT2D eigenvalue weighted by atomic mass is 16.5. The van der Waals surface area contributed by atoms with E-state index in [0.29, 0.717) is 12.6 Å². The van der Waals surface area contributed by atoms with Crippen LogP contribution in [0.4, 0.5) is 0 Å². The average molecular weight is 339 g/mol. The number of hydrogen-bond acceptors (Lipinski definition) is 5. The Morgan fingerprint density at radius 3 is 2.67 bits per heavy atom. The van der Waals surface area contributed by atoms with Crippen molar-refractivity contribution in [3.63, 3.8) is 0 Å². The third kappa shape index (κ3) is 4.60. The highest BCUT2D eigenvalue weighted by Crippen LogP contribution is 2.24. The molecule has 0 aromatic heterocycles. The first-order chi connectivity index (χ1) is 11.5. The summed E-state index contributed by atoms with van der Waals surface area (Å²) in [5, 5.41) is 3.38. The number of nitrogens with one attached hydrogen (secondary N) is 1. The Labute approximate surface area is 146 Å². The minimum Gasteiger partial charge on any atom is -0.469 e. The van der Waals surface area contributed by atoms with Gasteiger partial charge in [0.05, 0.1) is 19.6 Å². The van der Waals surface area contributed by atoms with Crippen molar-refractivity contribution < 1.29 is 9.53 Å². The van der Waals surface area contributed by atoms with Gasteiger partial charge in [-0.3, -0.25) is 14.7 Å². The lowest BCUT2D eigenvalue weighted by Gasteiger charge is -2.37. The average Bonchev–Trinajstić information content (AvgIpc) is 2.95. The maximum atomic E-state index is 11.9. The summed E-state index contributed by atoms with van der Waals surface area (Å²) in [6.07, 6.45) is 0. The van der Waals surface area contributed by atoms with E-state index in [-0.39, 0.29) is 17.8 Å². The van der Waals surface area contributed by atoms with Gasteiger partial charge in [-0.1, -0.05) is 6.92 Å². The Bertz CT molecular complexity index is 456. The molecule has 3 atom stereocenters. The molecule has 2 heterocycles. The lowest BCUT2D eigenvalue weighted by Crippen LogP contribution is -2.51. The van der Waals surface area contributed by atoms with Crippen molar-refractivity contribution in [2.75, 3.05) is 67.0 Å². The van der Waals surface area contributed by atoms with Crippen LogP contribution < -0.4 is 5.32 Å². The normalized spacial score (nSPS) is 29.8. The number of methoxy groups -OCH3 is 1. The number of likely N-dealkylation sites (tertiary alicyclic amines) is 1. The van der Waals surface area contributed by atoms with E-state index in [9.17, 15) is 4.79 Å². The summed E-state index contributed by atoms with van der Waals surface area (Å²) in [6.45, 7) is 10.5. The lowest BCUT2D eigenvalue weighted by atomic mass is 9.99. The second kappa shape index (κ2) is 8.67. The molecule has 2 rings (SSSR count). The Hall–Kier alpha value is -1.34. The molecule has 0 bridgehead atoms. The minimum absolute atomic E-state index is 0.0673. The van der Waals surface area contributed by atoms with Gasteiger partial charge in [-0.25, -0.2) is 0 Å². The number of aliphatic imine (C=N–C) groups is 1. The molecule has 7 heteroatoms. The van der Waals surface area contributed by atoms with E-state index in [0.717, 1.165) is 45.2 Å². The summed E-state index contributed by atoms with van der Waals surface area (Å²) >= 11 is 0. The number of nitrogens with zero attached hydrogens (tertiary/aromatic N) is 4. The third-order valence-electron chi connectivity index (χ3n) is 5.18. The van der Waals surface area contributed by atoms with Crippen LogP contribution in [0.1, 0.15) is 13.8 Å². The molecule has 0 spiro atoms. The lowest BCUT2D eigenvalue weighted by molar-refractivity contribution is -0.145. The number of carbonyl (C=O) groups is 1. The maximum absolute atomic E-state index is 11.9. The zero-order valence-corrected chi connectivity index (χ0v) is 15.8. The molecule has 0 aromatic rings. The SMILES string of the molecule is CCNC(=NCC1CN(C)CCN1C)N1CC(C)C(C(=O)OC)C1. The monoisotopic (exact) mass is 339 g/mol. The highest BCUT2D eigenvalue weighted by molar-refractivity contribution is 5.82. The standard InChI is InChI=1S/C17H33N5O2/c1-6-18-17(19-9-14-11-20(3)7-8-21(14)4)22-10-13(2)15(12-22)16(23)24-5/h13-15H,6-12H2,1-5H3,(H,18,19). The summed E-state index contributed by atoms with van der Waals surface area (Å²) in [7, 11) is 5.80. The minimum atomic E-state index is -0.116. The van der Waals surface area contributed by atoms with Gasteiger partial charge in [-0.2, -0.15) is 0 Å². The molecule has 3 unspecified atom stereocenters. The smallest absolute Gasteiger partial charge is 0.310 e. The molecule has 24 heavy (non-hydrogen) atoms. The van der Waals surface area contributed by atoms with Gasteiger partial charge < -0.3 is 19.9 Å². The Balaban J connectivity index is 2.02. The Morgan fingerprint density at radius 2 is 2.00 bits per heavy atom. The van der Waals surface area contributed by atoms with Crippen molar-refractivity contribution in [3.8, 4) is 0 Å². The van der Waals surface area contributed by atoms with E-state index in [2.05, 4.69) is 48.0 Å². The van der Waals surface area contributed by atoms with E-state index in [4.69, 9.17) is 9.73 Å². The summed E-state index contributed by atoms with van der Waals surface area (Å²) in [4.78, 5) is 23.7.